The molecule has 0 N–H and O–H groups in total. The summed E-state index contributed by atoms with van der Waals surface area (Å²) in [5, 5.41) is 0. The Balaban J connectivity index is 2.70. The molecule has 2 rings (SSSR count). The summed E-state index contributed by atoms with van der Waals surface area (Å²) in [7, 11) is 3.24. The van der Waals surface area contributed by atoms with E-state index in [0.717, 1.165) is 25.0 Å². The topological polar surface area (TPSA) is 48.7 Å². The molecule has 0 spiro atoms. The molecule has 2 heterocycles. The van der Waals surface area contributed by atoms with E-state index in [1.165, 1.54) is 5.69 Å². The number of ether oxygens (including phenoxy) is 2. The van der Waals surface area contributed by atoms with Crippen molar-refractivity contribution in [1.29, 1.82) is 0 Å². The van der Waals surface area contributed by atoms with Crippen molar-refractivity contribution < 1.29 is 9.47 Å². The van der Waals surface area contributed by atoms with Crippen molar-refractivity contribution in [1.82, 2.24) is 14.4 Å². The molecule has 0 saturated heterocycles. The highest BCUT2D eigenvalue weighted by molar-refractivity contribution is 5.43. The highest BCUT2D eigenvalue weighted by Gasteiger charge is 2.16. The summed E-state index contributed by atoms with van der Waals surface area (Å²) in [6.07, 6.45) is 2.93. The van der Waals surface area contributed by atoms with Crippen LogP contribution in [0.25, 0.3) is 5.78 Å². The van der Waals surface area contributed by atoms with Gasteiger partial charge in [0.15, 0.2) is 0 Å². The molecule has 0 amide bonds. The number of hydrogen-bond acceptors (Lipinski definition) is 4. The van der Waals surface area contributed by atoms with Gasteiger partial charge in [-0.1, -0.05) is 20.3 Å². The molecule has 5 heteroatoms. The predicted octanol–water partition coefficient (Wildman–Crippen LogP) is 2.26. The minimum atomic E-state index is 0.523. The van der Waals surface area contributed by atoms with Crippen LogP contribution in [0.15, 0.2) is 6.07 Å². The second kappa shape index (κ2) is 5.25. The Bertz CT molecular complexity index is 549. The van der Waals surface area contributed by atoms with Crippen LogP contribution in [0.3, 0.4) is 0 Å². The normalized spacial score (nSPS) is 10.9. The number of methoxy groups -OCH3 is 2. The van der Waals surface area contributed by atoms with Crippen LogP contribution in [0, 0.1) is 0 Å². The molecule has 0 radical (unpaired) electrons. The van der Waals surface area contributed by atoms with Crippen molar-refractivity contribution in [3.63, 3.8) is 0 Å². The molecule has 5 nitrogen and oxygen atoms in total. The Morgan fingerprint density at radius 2 is 1.94 bits per heavy atom. The van der Waals surface area contributed by atoms with Gasteiger partial charge in [-0.3, -0.25) is 4.40 Å². The summed E-state index contributed by atoms with van der Waals surface area (Å²) in [6.45, 7) is 4.26. The quantitative estimate of drug-likeness (QED) is 0.815. The number of fused-ring (bicyclic) bond motifs is 1. The van der Waals surface area contributed by atoms with E-state index in [2.05, 4.69) is 23.8 Å². The van der Waals surface area contributed by atoms with Crippen LogP contribution >= 0.6 is 0 Å². The zero-order chi connectivity index (χ0) is 13.1. The van der Waals surface area contributed by atoms with E-state index in [1.54, 1.807) is 20.3 Å². The van der Waals surface area contributed by atoms with Crippen LogP contribution in [0.4, 0.5) is 0 Å². The van der Waals surface area contributed by atoms with Gasteiger partial charge in [-0.2, -0.15) is 4.98 Å². The van der Waals surface area contributed by atoms with Gasteiger partial charge < -0.3 is 9.47 Å². The first-order chi connectivity index (χ1) is 8.74. The summed E-state index contributed by atoms with van der Waals surface area (Å²) >= 11 is 0. The predicted molar refractivity (Wildman–Crippen MR) is 69.5 cm³/mol. The van der Waals surface area contributed by atoms with Gasteiger partial charge in [0, 0.05) is 0 Å². The summed E-state index contributed by atoms with van der Waals surface area (Å²) in [4.78, 5) is 8.95. The van der Waals surface area contributed by atoms with Crippen molar-refractivity contribution in [2.75, 3.05) is 14.2 Å². The molecule has 0 bridgehead atoms. The van der Waals surface area contributed by atoms with E-state index in [1.807, 2.05) is 4.40 Å². The van der Waals surface area contributed by atoms with Gasteiger partial charge in [-0.05, 0) is 12.8 Å². The van der Waals surface area contributed by atoms with Crippen molar-refractivity contribution in [3.8, 4) is 11.8 Å². The molecule has 18 heavy (non-hydrogen) atoms. The number of rotatable bonds is 5. The zero-order valence-electron chi connectivity index (χ0n) is 11.4. The number of hydrogen-bond donors (Lipinski definition) is 0. The SMILES string of the molecule is CCCc1nc2nc(OC)cc(OC)n2c1CC. The summed E-state index contributed by atoms with van der Waals surface area (Å²) < 4.78 is 12.5. The Kier molecular flexibility index (Phi) is 3.69. The molecule has 0 atom stereocenters. The van der Waals surface area contributed by atoms with E-state index >= 15 is 0 Å². The number of nitrogens with zero attached hydrogens (tertiary/aromatic N) is 3. The third kappa shape index (κ3) is 2.00. The van der Waals surface area contributed by atoms with Crippen molar-refractivity contribution >= 4 is 5.78 Å². The molecule has 0 saturated carbocycles. The summed E-state index contributed by atoms with van der Waals surface area (Å²) in [5.74, 6) is 1.88. The van der Waals surface area contributed by atoms with E-state index in [4.69, 9.17) is 9.47 Å². The lowest BCUT2D eigenvalue weighted by molar-refractivity contribution is 0.368. The fourth-order valence-electron chi connectivity index (χ4n) is 2.15. The van der Waals surface area contributed by atoms with Gasteiger partial charge in [0.1, 0.15) is 0 Å². The Morgan fingerprint density at radius 3 is 2.50 bits per heavy atom. The van der Waals surface area contributed by atoms with Crippen LogP contribution in [0.2, 0.25) is 0 Å². The maximum Gasteiger partial charge on any atom is 0.240 e. The second-order valence-corrected chi connectivity index (χ2v) is 4.09. The molecule has 2 aromatic heterocycles. The lowest BCUT2D eigenvalue weighted by Gasteiger charge is -2.08. The molecule has 0 aliphatic carbocycles. The molecule has 2 aromatic rings. The van der Waals surface area contributed by atoms with Gasteiger partial charge in [0.25, 0.3) is 0 Å². The van der Waals surface area contributed by atoms with Crippen molar-refractivity contribution in [2.24, 2.45) is 0 Å². The first-order valence-electron chi connectivity index (χ1n) is 6.24. The van der Waals surface area contributed by atoms with Crippen LogP contribution in [-0.2, 0) is 12.8 Å². The number of imidazole rings is 1. The molecular weight excluding hydrogens is 230 g/mol. The molecule has 0 unspecified atom stereocenters. The van der Waals surface area contributed by atoms with Crippen LogP contribution < -0.4 is 9.47 Å². The maximum absolute atomic E-state index is 5.41. The standard InChI is InChI=1S/C13H19N3O2/c1-5-7-9-10(6-2)16-12(18-4)8-11(17-3)15-13(16)14-9/h8H,5-7H2,1-4H3. The minimum absolute atomic E-state index is 0.523. The molecular formula is C13H19N3O2. The van der Waals surface area contributed by atoms with Gasteiger partial charge in [0.2, 0.25) is 17.5 Å². The number of aryl methyl sites for hydroxylation is 2. The minimum Gasteiger partial charge on any atom is -0.482 e. The van der Waals surface area contributed by atoms with Gasteiger partial charge in [0.05, 0.1) is 31.7 Å². The summed E-state index contributed by atoms with van der Waals surface area (Å²) in [5.41, 5.74) is 2.26. The van der Waals surface area contributed by atoms with Gasteiger partial charge >= 0.3 is 0 Å². The second-order valence-electron chi connectivity index (χ2n) is 4.09. The first kappa shape index (κ1) is 12.7. The zero-order valence-corrected chi connectivity index (χ0v) is 11.4. The molecule has 0 aliphatic heterocycles. The first-order valence-corrected chi connectivity index (χ1v) is 6.24. The average molecular weight is 249 g/mol. The van der Waals surface area contributed by atoms with Crippen LogP contribution in [0.1, 0.15) is 31.7 Å². The fourth-order valence-corrected chi connectivity index (χ4v) is 2.15. The molecule has 0 aliphatic rings. The fraction of sp³-hybridized carbons (Fsp3) is 0.538. The van der Waals surface area contributed by atoms with Crippen molar-refractivity contribution in [3.05, 3.63) is 17.5 Å². The van der Waals surface area contributed by atoms with E-state index in [-0.39, 0.29) is 0 Å². The lowest BCUT2D eigenvalue weighted by atomic mass is 10.2. The Morgan fingerprint density at radius 1 is 1.17 bits per heavy atom. The monoisotopic (exact) mass is 249 g/mol. The highest BCUT2D eigenvalue weighted by Crippen LogP contribution is 2.24. The lowest BCUT2D eigenvalue weighted by Crippen LogP contribution is -2.02. The van der Waals surface area contributed by atoms with E-state index < -0.39 is 0 Å². The molecule has 98 valence electrons. The Hall–Kier alpha value is -1.78. The van der Waals surface area contributed by atoms with Gasteiger partial charge in [-0.25, -0.2) is 4.98 Å². The average Bonchev–Trinajstić information content (AvgIpc) is 2.75. The van der Waals surface area contributed by atoms with Crippen LogP contribution in [0.5, 0.6) is 11.8 Å². The van der Waals surface area contributed by atoms with E-state index in [9.17, 15) is 0 Å². The number of aromatic nitrogens is 3. The molecule has 0 fully saturated rings. The van der Waals surface area contributed by atoms with Crippen molar-refractivity contribution in [2.45, 2.75) is 33.1 Å². The Labute approximate surface area is 107 Å². The smallest absolute Gasteiger partial charge is 0.240 e. The highest BCUT2D eigenvalue weighted by atomic mass is 16.5. The third-order valence-corrected chi connectivity index (χ3v) is 2.96. The largest absolute Gasteiger partial charge is 0.482 e. The van der Waals surface area contributed by atoms with E-state index in [0.29, 0.717) is 17.5 Å². The summed E-state index contributed by atoms with van der Waals surface area (Å²) in [6, 6.07) is 1.78. The maximum atomic E-state index is 5.41. The van der Waals surface area contributed by atoms with Gasteiger partial charge in [-0.15, -0.1) is 0 Å². The molecule has 0 aromatic carbocycles. The van der Waals surface area contributed by atoms with Crippen LogP contribution in [-0.4, -0.2) is 28.6 Å². The third-order valence-electron chi connectivity index (χ3n) is 2.96.